The number of benzene rings is 1. The van der Waals surface area contributed by atoms with E-state index >= 15 is 0 Å². The molecule has 0 saturated heterocycles. The van der Waals surface area contributed by atoms with Crippen LogP contribution in [-0.4, -0.2) is 31.0 Å². The van der Waals surface area contributed by atoms with Crippen molar-refractivity contribution in [2.24, 2.45) is 0 Å². The molecule has 0 aliphatic carbocycles. The van der Waals surface area contributed by atoms with Gasteiger partial charge < -0.3 is 10.1 Å². The number of aromatic nitrogens is 1. The van der Waals surface area contributed by atoms with Crippen molar-refractivity contribution in [1.82, 2.24) is 4.98 Å². The van der Waals surface area contributed by atoms with Crippen molar-refractivity contribution >= 4 is 28.5 Å². The zero-order valence-corrected chi connectivity index (χ0v) is 13.0. The number of thioether (sulfide) groups is 1. The molecular weight excluding hydrogens is 268 g/mol. The topological polar surface area (TPSA) is 34.2 Å². The van der Waals surface area contributed by atoms with Crippen LogP contribution in [0.5, 0.6) is 0 Å². The van der Waals surface area contributed by atoms with Crippen LogP contribution in [0.1, 0.15) is 18.9 Å². The van der Waals surface area contributed by atoms with Gasteiger partial charge in [0.1, 0.15) is 5.82 Å². The van der Waals surface area contributed by atoms with Gasteiger partial charge in [0.25, 0.3) is 0 Å². The van der Waals surface area contributed by atoms with Gasteiger partial charge in [-0.3, -0.25) is 0 Å². The largest absolute Gasteiger partial charge is 0.384 e. The standard InChI is InChI=1S/C16H22N2OS/c1-3-8-17-16-14(12-20-10-9-19-2)11-13-6-4-5-7-15(13)18-16/h4-7,11H,3,8-10,12H2,1-2H3,(H,17,18). The van der Waals surface area contributed by atoms with E-state index in [4.69, 9.17) is 9.72 Å². The van der Waals surface area contributed by atoms with E-state index in [0.29, 0.717) is 0 Å². The van der Waals surface area contributed by atoms with Crippen molar-refractivity contribution in [2.75, 3.05) is 31.3 Å². The minimum Gasteiger partial charge on any atom is -0.384 e. The molecule has 3 nitrogen and oxygen atoms in total. The molecule has 2 aromatic rings. The molecule has 0 amide bonds. The smallest absolute Gasteiger partial charge is 0.130 e. The average Bonchev–Trinajstić information content (AvgIpc) is 2.49. The molecule has 0 unspecified atom stereocenters. The molecule has 1 aromatic carbocycles. The van der Waals surface area contributed by atoms with Gasteiger partial charge in [-0.2, -0.15) is 11.8 Å². The summed E-state index contributed by atoms with van der Waals surface area (Å²) in [6.07, 6.45) is 1.10. The summed E-state index contributed by atoms with van der Waals surface area (Å²) in [6.45, 7) is 3.92. The normalized spacial score (nSPS) is 10.9. The summed E-state index contributed by atoms with van der Waals surface area (Å²) in [7, 11) is 1.74. The molecule has 0 atom stereocenters. The highest BCUT2D eigenvalue weighted by molar-refractivity contribution is 7.98. The molecule has 0 fully saturated rings. The van der Waals surface area contributed by atoms with Crippen molar-refractivity contribution in [3.05, 3.63) is 35.9 Å². The molecule has 1 heterocycles. The predicted molar refractivity (Wildman–Crippen MR) is 88.6 cm³/mol. The van der Waals surface area contributed by atoms with E-state index in [9.17, 15) is 0 Å². The average molecular weight is 290 g/mol. The number of ether oxygens (including phenoxy) is 1. The van der Waals surface area contributed by atoms with E-state index in [1.807, 2.05) is 17.8 Å². The number of nitrogens with zero attached hydrogens (tertiary/aromatic N) is 1. The van der Waals surface area contributed by atoms with Crippen LogP contribution in [-0.2, 0) is 10.5 Å². The third kappa shape index (κ3) is 4.12. The zero-order valence-electron chi connectivity index (χ0n) is 12.2. The van der Waals surface area contributed by atoms with E-state index < -0.39 is 0 Å². The Bertz CT molecular complexity index is 545. The van der Waals surface area contributed by atoms with E-state index in [2.05, 4.69) is 36.5 Å². The lowest BCUT2D eigenvalue weighted by Gasteiger charge is -2.12. The van der Waals surface area contributed by atoms with Crippen molar-refractivity contribution in [2.45, 2.75) is 19.1 Å². The van der Waals surface area contributed by atoms with Gasteiger partial charge in [-0.05, 0) is 18.6 Å². The van der Waals surface area contributed by atoms with Gasteiger partial charge in [0, 0.05) is 36.1 Å². The molecular formula is C16H22N2OS. The van der Waals surface area contributed by atoms with Crippen molar-refractivity contribution < 1.29 is 4.74 Å². The third-order valence-electron chi connectivity index (χ3n) is 3.03. The Morgan fingerprint density at radius 3 is 2.95 bits per heavy atom. The molecule has 0 bridgehead atoms. The van der Waals surface area contributed by atoms with Gasteiger partial charge in [-0.1, -0.05) is 25.1 Å². The second-order valence-electron chi connectivity index (χ2n) is 4.66. The van der Waals surface area contributed by atoms with Crippen LogP contribution < -0.4 is 5.32 Å². The molecule has 108 valence electrons. The summed E-state index contributed by atoms with van der Waals surface area (Å²) in [4.78, 5) is 4.76. The van der Waals surface area contributed by atoms with Crippen LogP contribution in [0.4, 0.5) is 5.82 Å². The molecule has 0 saturated carbocycles. The van der Waals surface area contributed by atoms with Gasteiger partial charge in [0.15, 0.2) is 0 Å². The summed E-state index contributed by atoms with van der Waals surface area (Å²) >= 11 is 1.88. The first-order valence-corrected chi connectivity index (χ1v) is 8.20. The monoisotopic (exact) mass is 290 g/mol. The fraction of sp³-hybridized carbons (Fsp3) is 0.438. The maximum Gasteiger partial charge on any atom is 0.130 e. The molecule has 1 N–H and O–H groups in total. The molecule has 1 aromatic heterocycles. The van der Waals surface area contributed by atoms with Crippen LogP contribution in [0.2, 0.25) is 0 Å². The minimum atomic E-state index is 0.795. The number of fused-ring (bicyclic) bond motifs is 1. The number of hydrogen-bond donors (Lipinski definition) is 1. The van der Waals surface area contributed by atoms with E-state index in [0.717, 1.165) is 42.4 Å². The summed E-state index contributed by atoms with van der Waals surface area (Å²) in [5.74, 6) is 3.00. The highest BCUT2D eigenvalue weighted by Gasteiger charge is 2.06. The highest BCUT2D eigenvalue weighted by atomic mass is 32.2. The Morgan fingerprint density at radius 1 is 1.30 bits per heavy atom. The summed E-state index contributed by atoms with van der Waals surface area (Å²) < 4.78 is 5.09. The number of methoxy groups -OCH3 is 1. The number of rotatable bonds is 8. The predicted octanol–water partition coefficient (Wildman–Crippen LogP) is 3.94. The second kappa shape index (κ2) is 8.12. The van der Waals surface area contributed by atoms with Crippen LogP contribution in [0.3, 0.4) is 0 Å². The van der Waals surface area contributed by atoms with Crippen LogP contribution in [0.25, 0.3) is 10.9 Å². The maximum atomic E-state index is 5.09. The van der Waals surface area contributed by atoms with Crippen molar-refractivity contribution in [3.63, 3.8) is 0 Å². The molecule has 20 heavy (non-hydrogen) atoms. The number of anilines is 1. The van der Waals surface area contributed by atoms with E-state index in [1.54, 1.807) is 7.11 Å². The van der Waals surface area contributed by atoms with E-state index in [1.165, 1.54) is 10.9 Å². The first kappa shape index (κ1) is 15.1. The van der Waals surface area contributed by atoms with Crippen LogP contribution >= 0.6 is 11.8 Å². The highest BCUT2D eigenvalue weighted by Crippen LogP contribution is 2.24. The Hall–Kier alpha value is -1.26. The summed E-state index contributed by atoms with van der Waals surface area (Å²) in [6, 6.07) is 10.5. The second-order valence-corrected chi connectivity index (χ2v) is 5.77. The molecule has 0 radical (unpaired) electrons. The molecule has 0 aliphatic heterocycles. The minimum absolute atomic E-state index is 0.795. The molecule has 0 aliphatic rings. The molecule has 2 rings (SSSR count). The summed E-state index contributed by atoms with van der Waals surface area (Å²) in [5, 5.41) is 4.65. The molecule has 4 heteroatoms. The first-order chi connectivity index (χ1) is 9.85. The Labute approximate surface area is 125 Å². The van der Waals surface area contributed by atoms with Crippen molar-refractivity contribution in [3.8, 4) is 0 Å². The van der Waals surface area contributed by atoms with Gasteiger partial charge in [0.2, 0.25) is 0 Å². The van der Waals surface area contributed by atoms with Gasteiger partial charge >= 0.3 is 0 Å². The van der Waals surface area contributed by atoms with Crippen LogP contribution in [0, 0.1) is 0 Å². The Morgan fingerprint density at radius 2 is 2.15 bits per heavy atom. The van der Waals surface area contributed by atoms with Gasteiger partial charge in [0.05, 0.1) is 12.1 Å². The number of pyridine rings is 1. The quantitative estimate of drug-likeness (QED) is 0.747. The number of hydrogen-bond acceptors (Lipinski definition) is 4. The number of nitrogens with one attached hydrogen (secondary N) is 1. The Balaban J connectivity index is 2.18. The lowest BCUT2D eigenvalue weighted by molar-refractivity contribution is 0.218. The number of para-hydroxylation sites is 1. The van der Waals surface area contributed by atoms with Crippen molar-refractivity contribution in [1.29, 1.82) is 0 Å². The zero-order chi connectivity index (χ0) is 14.2. The molecule has 0 spiro atoms. The van der Waals surface area contributed by atoms with E-state index in [-0.39, 0.29) is 0 Å². The van der Waals surface area contributed by atoms with Gasteiger partial charge in [-0.15, -0.1) is 0 Å². The lowest BCUT2D eigenvalue weighted by Crippen LogP contribution is -2.05. The fourth-order valence-corrected chi connectivity index (χ4v) is 2.86. The Kier molecular flexibility index (Phi) is 6.15. The first-order valence-electron chi connectivity index (χ1n) is 7.04. The lowest BCUT2D eigenvalue weighted by atomic mass is 10.1. The summed E-state index contributed by atoms with van der Waals surface area (Å²) in [5.41, 5.74) is 2.33. The fourth-order valence-electron chi connectivity index (χ4n) is 1.99. The van der Waals surface area contributed by atoms with Gasteiger partial charge in [-0.25, -0.2) is 4.98 Å². The maximum absolute atomic E-state index is 5.09. The SMILES string of the molecule is CCCNc1nc2ccccc2cc1CSCCOC. The third-order valence-corrected chi connectivity index (χ3v) is 4.01. The van der Waals surface area contributed by atoms with Crippen LogP contribution in [0.15, 0.2) is 30.3 Å².